The van der Waals surface area contributed by atoms with Crippen molar-refractivity contribution in [2.75, 3.05) is 37.6 Å². The molecular weight excluding hydrogens is 329 g/mol. The number of aryl methyl sites for hydroxylation is 2. The zero-order chi connectivity index (χ0) is 18.5. The highest BCUT2D eigenvalue weighted by Gasteiger charge is 2.19. The van der Waals surface area contributed by atoms with Crippen molar-refractivity contribution in [1.29, 1.82) is 0 Å². The van der Waals surface area contributed by atoms with Gasteiger partial charge in [-0.05, 0) is 48.7 Å². The van der Waals surface area contributed by atoms with Gasteiger partial charge < -0.3 is 10.2 Å². The van der Waals surface area contributed by atoms with E-state index in [1.165, 1.54) is 17.3 Å². The molecule has 0 unspecified atom stereocenters. The summed E-state index contributed by atoms with van der Waals surface area (Å²) >= 11 is 0. The standard InChI is InChI=1S/C21H26FN3O/c1-16-4-3-5-19(12-16)25-10-8-24(9-11-25)15-21(26)23-14-18-6-7-20(22)17(2)13-18/h3-7,12-13H,8-11,14-15H2,1-2H3,(H,23,26). The summed E-state index contributed by atoms with van der Waals surface area (Å²) in [5.74, 6) is -0.206. The van der Waals surface area contributed by atoms with Crippen molar-refractivity contribution in [3.05, 3.63) is 65.0 Å². The summed E-state index contributed by atoms with van der Waals surface area (Å²) in [5.41, 5.74) is 4.03. The molecule has 4 nitrogen and oxygen atoms in total. The van der Waals surface area contributed by atoms with Crippen molar-refractivity contribution in [1.82, 2.24) is 10.2 Å². The van der Waals surface area contributed by atoms with Gasteiger partial charge in [-0.15, -0.1) is 0 Å². The van der Waals surface area contributed by atoms with Crippen molar-refractivity contribution < 1.29 is 9.18 Å². The van der Waals surface area contributed by atoms with E-state index in [1.807, 2.05) is 0 Å². The van der Waals surface area contributed by atoms with Crippen LogP contribution in [0.1, 0.15) is 16.7 Å². The summed E-state index contributed by atoms with van der Waals surface area (Å²) in [5, 5.41) is 2.93. The molecule has 1 N–H and O–H groups in total. The van der Waals surface area contributed by atoms with Gasteiger partial charge in [-0.3, -0.25) is 9.69 Å². The Kier molecular flexibility index (Phi) is 5.89. The van der Waals surface area contributed by atoms with Gasteiger partial charge in [-0.1, -0.05) is 24.3 Å². The Morgan fingerprint density at radius 1 is 1.08 bits per heavy atom. The van der Waals surface area contributed by atoms with Crippen LogP contribution in [0.25, 0.3) is 0 Å². The molecule has 1 aliphatic heterocycles. The van der Waals surface area contributed by atoms with Gasteiger partial charge in [0.05, 0.1) is 6.54 Å². The van der Waals surface area contributed by atoms with Gasteiger partial charge in [-0.2, -0.15) is 0 Å². The first-order chi connectivity index (χ1) is 12.5. The first-order valence-corrected chi connectivity index (χ1v) is 9.07. The van der Waals surface area contributed by atoms with Gasteiger partial charge in [0.1, 0.15) is 5.82 Å². The average molecular weight is 355 g/mol. The molecule has 0 saturated carbocycles. The van der Waals surface area contributed by atoms with E-state index in [9.17, 15) is 9.18 Å². The lowest BCUT2D eigenvalue weighted by Gasteiger charge is -2.35. The highest BCUT2D eigenvalue weighted by molar-refractivity contribution is 5.78. The lowest BCUT2D eigenvalue weighted by Crippen LogP contribution is -2.49. The van der Waals surface area contributed by atoms with E-state index in [-0.39, 0.29) is 11.7 Å². The van der Waals surface area contributed by atoms with Gasteiger partial charge in [0, 0.05) is 38.4 Å². The third-order valence-electron chi connectivity index (χ3n) is 4.82. The zero-order valence-corrected chi connectivity index (χ0v) is 15.5. The Morgan fingerprint density at radius 2 is 1.85 bits per heavy atom. The topological polar surface area (TPSA) is 35.6 Å². The Hall–Kier alpha value is -2.40. The van der Waals surface area contributed by atoms with Crippen molar-refractivity contribution in [2.24, 2.45) is 0 Å². The molecule has 0 bridgehead atoms. The molecule has 26 heavy (non-hydrogen) atoms. The summed E-state index contributed by atoms with van der Waals surface area (Å²) in [6.45, 7) is 8.27. The zero-order valence-electron chi connectivity index (χ0n) is 15.5. The molecule has 3 rings (SSSR count). The first-order valence-electron chi connectivity index (χ1n) is 9.07. The fourth-order valence-corrected chi connectivity index (χ4v) is 3.27. The molecule has 1 fully saturated rings. The summed E-state index contributed by atoms with van der Waals surface area (Å²) in [6.07, 6.45) is 0. The molecule has 1 amide bonds. The van der Waals surface area contributed by atoms with Crippen LogP contribution in [-0.2, 0) is 11.3 Å². The number of rotatable bonds is 5. The Labute approximate surface area is 154 Å². The fourth-order valence-electron chi connectivity index (χ4n) is 3.27. The molecule has 0 atom stereocenters. The molecule has 0 radical (unpaired) electrons. The molecule has 0 aromatic heterocycles. The minimum absolute atomic E-state index is 0.0102. The largest absolute Gasteiger partial charge is 0.369 e. The van der Waals surface area contributed by atoms with Crippen LogP contribution in [0.5, 0.6) is 0 Å². The Bertz CT molecular complexity index is 770. The van der Waals surface area contributed by atoms with Crippen molar-refractivity contribution in [2.45, 2.75) is 20.4 Å². The van der Waals surface area contributed by atoms with Crippen molar-refractivity contribution >= 4 is 11.6 Å². The predicted molar refractivity (Wildman–Crippen MR) is 103 cm³/mol. The summed E-state index contributed by atoms with van der Waals surface area (Å²) in [7, 11) is 0. The van der Waals surface area contributed by atoms with Crippen LogP contribution in [0.15, 0.2) is 42.5 Å². The minimum Gasteiger partial charge on any atom is -0.369 e. The van der Waals surface area contributed by atoms with E-state index in [1.54, 1.807) is 19.1 Å². The molecule has 1 heterocycles. The van der Waals surface area contributed by atoms with Crippen LogP contribution in [-0.4, -0.2) is 43.5 Å². The highest BCUT2D eigenvalue weighted by atomic mass is 19.1. The van der Waals surface area contributed by atoms with E-state index >= 15 is 0 Å². The third-order valence-corrected chi connectivity index (χ3v) is 4.82. The van der Waals surface area contributed by atoms with Crippen LogP contribution in [0, 0.1) is 19.7 Å². The predicted octanol–water partition coefficient (Wildman–Crippen LogP) is 2.88. The maximum Gasteiger partial charge on any atom is 0.234 e. The molecule has 2 aromatic rings. The molecule has 1 aliphatic rings. The van der Waals surface area contributed by atoms with Crippen LogP contribution in [0.2, 0.25) is 0 Å². The third kappa shape index (κ3) is 4.82. The second-order valence-corrected chi connectivity index (χ2v) is 6.96. The lowest BCUT2D eigenvalue weighted by molar-refractivity contribution is -0.122. The molecular formula is C21H26FN3O. The van der Waals surface area contributed by atoms with Gasteiger partial charge in [0.25, 0.3) is 0 Å². The summed E-state index contributed by atoms with van der Waals surface area (Å²) in [6, 6.07) is 13.5. The smallest absolute Gasteiger partial charge is 0.234 e. The maximum absolute atomic E-state index is 13.3. The first kappa shape index (κ1) is 18.4. The lowest BCUT2D eigenvalue weighted by atomic mass is 10.1. The second-order valence-electron chi connectivity index (χ2n) is 6.96. The van der Waals surface area contributed by atoms with Gasteiger partial charge in [0.2, 0.25) is 5.91 Å². The van der Waals surface area contributed by atoms with E-state index in [4.69, 9.17) is 0 Å². The normalized spacial score (nSPS) is 15.1. The second kappa shape index (κ2) is 8.32. The molecule has 0 spiro atoms. The van der Waals surface area contributed by atoms with Gasteiger partial charge >= 0.3 is 0 Å². The Morgan fingerprint density at radius 3 is 2.54 bits per heavy atom. The number of piperazine rings is 1. The molecule has 138 valence electrons. The molecule has 5 heteroatoms. The summed E-state index contributed by atoms with van der Waals surface area (Å²) in [4.78, 5) is 16.7. The number of anilines is 1. The minimum atomic E-state index is -0.216. The number of halogens is 1. The van der Waals surface area contributed by atoms with Gasteiger partial charge in [0.15, 0.2) is 0 Å². The van der Waals surface area contributed by atoms with Crippen molar-refractivity contribution in [3.8, 4) is 0 Å². The average Bonchev–Trinajstić information content (AvgIpc) is 2.63. The van der Waals surface area contributed by atoms with Crippen LogP contribution in [0.4, 0.5) is 10.1 Å². The van der Waals surface area contributed by atoms with Crippen LogP contribution >= 0.6 is 0 Å². The van der Waals surface area contributed by atoms with E-state index in [0.717, 1.165) is 31.7 Å². The fraction of sp³-hybridized carbons (Fsp3) is 0.381. The SMILES string of the molecule is Cc1cccc(N2CCN(CC(=O)NCc3ccc(F)c(C)c3)CC2)c1. The highest BCUT2D eigenvalue weighted by Crippen LogP contribution is 2.17. The summed E-state index contributed by atoms with van der Waals surface area (Å²) < 4.78 is 13.3. The molecule has 1 saturated heterocycles. The number of hydrogen-bond donors (Lipinski definition) is 1. The number of amides is 1. The number of nitrogens with zero attached hydrogens (tertiary/aromatic N) is 2. The van der Waals surface area contributed by atoms with Crippen molar-refractivity contribution in [3.63, 3.8) is 0 Å². The van der Waals surface area contributed by atoms with Gasteiger partial charge in [-0.25, -0.2) is 4.39 Å². The van der Waals surface area contributed by atoms with E-state index in [0.29, 0.717) is 18.7 Å². The maximum atomic E-state index is 13.3. The monoisotopic (exact) mass is 355 g/mol. The number of carbonyl (C=O) groups excluding carboxylic acids is 1. The quantitative estimate of drug-likeness (QED) is 0.896. The molecule has 0 aliphatic carbocycles. The van der Waals surface area contributed by atoms with Crippen LogP contribution in [0.3, 0.4) is 0 Å². The number of benzene rings is 2. The van der Waals surface area contributed by atoms with E-state index in [2.05, 4.69) is 46.3 Å². The number of hydrogen-bond acceptors (Lipinski definition) is 3. The number of carbonyl (C=O) groups is 1. The van der Waals surface area contributed by atoms with E-state index < -0.39 is 0 Å². The van der Waals surface area contributed by atoms with Crippen LogP contribution < -0.4 is 10.2 Å². The number of nitrogens with one attached hydrogen (secondary N) is 1. The molecule has 2 aromatic carbocycles. The Balaban J connectivity index is 1.43.